The minimum Gasteiger partial charge on any atom is -0.464 e. The Hall–Kier alpha value is -3.68. The van der Waals surface area contributed by atoms with Crippen molar-refractivity contribution < 1.29 is 23.6 Å². The average molecular weight is 466 g/mol. The highest BCUT2D eigenvalue weighted by molar-refractivity contribution is 5.68. The van der Waals surface area contributed by atoms with Gasteiger partial charge in [-0.15, -0.1) is 0 Å². The summed E-state index contributed by atoms with van der Waals surface area (Å²) >= 11 is 0. The molecule has 1 heterocycles. The molecule has 2 unspecified atom stereocenters. The molecule has 0 spiro atoms. The van der Waals surface area contributed by atoms with Crippen molar-refractivity contribution in [2.24, 2.45) is 5.92 Å². The van der Waals surface area contributed by atoms with Crippen molar-refractivity contribution in [1.29, 1.82) is 0 Å². The van der Waals surface area contributed by atoms with Crippen LogP contribution in [0, 0.1) is 5.92 Å². The summed E-state index contributed by atoms with van der Waals surface area (Å²) in [5.74, 6) is 0.592. The van der Waals surface area contributed by atoms with E-state index in [1.165, 1.54) is 12.5 Å². The number of nitrogens with zero attached hydrogens (tertiary/aromatic N) is 2. The molecular weight excluding hydrogens is 434 g/mol. The van der Waals surface area contributed by atoms with Crippen molar-refractivity contribution in [1.82, 2.24) is 15.5 Å². The van der Waals surface area contributed by atoms with Gasteiger partial charge in [-0.2, -0.15) is 4.98 Å². The Morgan fingerprint density at radius 3 is 2.32 bits per heavy atom. The Morgan fingerprint density at radius 1 is 0.971 bits per heavy atom. The SMILES string of the molecule is CC(=O)OCC(NC(=O)OCc1ccccc1)C(C)Cc1noc(CCCc2ccccc2)n1. The second kappa shape index (κ2) is 13.1. The molecular formula is C26H31N3O5. The predicted octanol–water partition coefficient (Wildman–Crippen LogP) is 4.28. The van der Waals surface area contributed by atoms with E-state index in [0.29, 0.717) is 24.6 Å². The van der Waals surface area contributed by atoms with Gasteiger partial charge in [0.25, 0.3) is 0 Å². The van der Waals surface area contributed by atoms with Gasteiger partial charge < -0.3 is 19.3 Å². The number of rotatable bonds is 12. The van der Waals surface area contributed by atoms with Gasteiger partial charge >= 0.3 is 12.1 Å². The number of nitrogens with one attached hydrogen (secondary N) is 1. The van der Waals surface area contributed by atoms with E-state index in [-0.39, 0.29) is 19.1 Å². The summed E-state index contributed by atoms with van der Waals surface area (Å²) in [4.78, 5) is 28.2. The van der Waals surface area contributed by atoms with Crippen LogP contribution in [0.4, 0.5) is 4.79 Å². The lowest BCUT2D eigenvalue weighted by molar-refractivity contribution is -0.142. The third kappa shape index (κ3) is 8.69. The molecule has 0 bridgehead atoms. The molecule has 2 aromatic carbocycles. The van der Waals surface area contributed by atoms with Crippen LogP contribution in [0.25, 0.3) is 0 Å². The van der Waals surface area contributed by atoms with E-state index in [2.05, 4.69) is 27.6 Å². The van der Waals surface area contributed by atoms with Gasteiger partial charge in [0.15, 0.2) is 5.82 Å². The van der Waals surface area contributed by atoms with E-state index in [0.717, 1.165) is 18.4 Å². The summed E-state index contributed by atoms with van der Waals surface area (Å²) < 4.78 is 15.9. The van der Waals surface area contributed by atoms with Gasteiger partial charge in [0.05, 0.1) is 6.04 Å². The van der Waals surface area contributed by atoms with Crippen molar-refractivity contribution in [2.75, 3.05) is 6.61 Å². The zero-order valence-electron chi connectivity index (χ0n) is 19.6. The topological polar surface area (TPSA) is 104 Å². The zero-order valence-corrected chi connectivity index (χ0v) is 19.6. The van der Waals surface area contributed by atoms with E-state index < -0.39 is 18.1 Å². The van der Waals surface area contributed by atoms with Gasteiger partial charge in [-0.05, 0) is 29.9 Å². The van der Waals surface area contributed by atoms with Crippen LogP contribution in [0.1, 0.15) is 43.1 Å². The second-order valence-electron chi connectivity index (χ2n) is 8.24. The van der Waals surface area contributed by atoms with Crippen molar-refractivity contribution in [3.63, 3.8) is 0 Å². The van der Waals surface area contributed by atoms with Gasteiger partial charge in [0.2, 0.25) is 5.89 Å². The Morgan fingerprint density at radius 2 is 1.65 bits per heavy atom. The maximum absolute atomic E-state index is 12.3. The molecule has 1 aromatic heterocycles. The summed E-state index contributed by atoms with van der Waals surface area (Å²) in [5, 5.41) is 6.87. The van der Waals surface area contributed by atoms with E-state index in [1.807, 2.05) is 55.5 Å². The molecule has 1 amide bonds. The maximum atomic E-state index is 12.3. The first-order valence-corrected chi connectivity index (χ1v) is 11.5. The Kier molecular flexibility index (Phi) is 9.64. The van der Waals surface area contributed by atoms with Crippen LogP contribution in [0.3, 0.4) is 0 Å². The zero-order chi connectivity index (χ0) is 24.2. The molecule has 8 nitrogen and oxygen atoms in total. The number of carbonyl (C=O) groups excluding carboxylic acids is 2. The largest absolute Gasteiger partial charge is 0.464 e. The van der Waals surface area contributed by atoms with Gasteiger partial charge in [-0.1, -0.05) is 72.7 Å². The number of hydrogen-bond acceptors (Lipinski definition) is 7. The van der Waals surface area contributed by atoms with Crippen molar-refractivity contribution in [2.45, 2.75) is 52.2 Å². The summed E-state index contributed by atoms with van der Waals surface area (Å²) in [5.41, 5.74) is 2.16. The maximum Gasteiger partial charge on any atom is 0.407 e. The molecule has 0 saturated carbocycles. The lowest BCUT2D eigenvalue weighted by Gasteiger charge is -2.23. The van der Waals surface area contributed by atoms with Crippen LogP contribution in [0.15, 0.2) is 65.2 Å². The number of amides is 1. The lowest BCUT2D eigenvalue weighted by atomic mass is 9.98. The van der Waals surface area contributed by atoms with Crippen LogP contribution in [-0.4, -0.2) is 34.9 Å². The summed E-state index contributed by atoms with van der Waals surface area (Å²) in [6.45, 7) is 3.44. The highest BCUT2D eigenvalue weighted by Gasteiger charge is 2.24. The number of aryl methyl sites for hydroxylation is 2. The molecule has 34 heavy (non-hydrogen) atoms. The first-order chi connectivity index (χ1) is 16.5. The monoisotopic (exact) mass is 465 g/mol. The standard InChI is InChI=1S/C26H31N3O5/c1-19(16-24-28-25(34-29-24)15-9-14-21-10-5-3-6-11-21)23(18-32-20(2)30)27-26(31)33-17-22-12-7-4-8-13-22/h3-8,10-13,19,23H,9,14-18H2,1-2H3,(H,27,31). The van der Waals surface area contributed by atoms with Crippen LogP contribution in [-0.2, 0) is 40.1 Å². The van der Waals surface area contributed by atoms with Crippen LogP contribution in [0.5, 0.6) is 0 Å². The fourth-order valence-electron chi connectivity index (χ4n) is 3.46. The number of esters is 1. The molecule has 2 atom stereocenters. The molecule has 0 aliphatic rings. The molecule has 0 saturated heterocycles. The Labute approximate surface area is 199 Å². The van der Waals surface area contributed by atoms with Crippen LogP contribution in [0.2, 0.25) is 0 Å². The summed E-state index contributed by atoms with van der Waals surface area (Å²) in [6, 6.07) is 19.2. The molecule has 0 aliphatic carbocycles. The fraction of sp³-hybridized carbons (Fsp3) is 0.385. The normalized spacial score (nSPS) is 12.5. The highest BCUT2D eigenvalue weighted by atomic mass is 16.6. The molecule has 180 valence electrons. The Bertz CT molecular complexity index is 1020. The van der Waals surface area contributed by atoms with Crippen LogP contribution >= 0.6 is 0 Å². The van der Waals surface area contributed by atoms with E-state index in [4.69, 9.17) is 14.0 Å². The average Bonchev–Trinajstić information content (AvgIpc) is 3.28. The summed E-state index contributed by atoms with van der Waals surface area (Å²) in [7, 11) is 0. The first-order valence-electron chi connectivity index (χ1n) is 11.5. The molecule has 0 radical (unpaired) electrons. The molecule has 0 aliphatic heterocycles. The van der Waals surface area contributed by atoms with Gasteiger partial charge in [0, 0.05) is 19.8 Å². The Balaban J connectivity index is 1.50. The molecule has 3 aromatic rings. The number of ether oxygens (including phenoxy) is 2. The smallest absolute Gasteiger partial charge is 0.407 e. The lowest BCUT2D eigenvalue weighted by Crippen LogP contribution is -2.44. The van der Waals surface area contributed by atoms with Gasteiger partial charge in [-0.3, -0.25) is 4.79 Å². The molecule has 1 N–H and O–H groups in total. The molecule has 3 rings (SSSR count). The number of alkyl carbamates (subject to hydrolysis) is 1. The van der Waals surface area contributed by atoms with E-state index in [9.17, 15) is 9.59 Å². The van der Waals surface area contributed by atoms with Crippen molar-refractivity contribution in [3.05, 3.63) is 83.5 Å². The third-order valence-electron chi connectivity index (χ3n) is 5.38. The number of hydrogen-bond donors (Lipinski definition) is 1. The highest BCUT2D eigenvalue weighted by Crippen LogP contribution is 2.13. The molecule has 8 heteroatoms. The van der Waals surface area contributed by atoms with Gasteiger partial charge in [-0.25, -0.2) is 4.79 Å². The fourth-order valence-corrected chi connectivity index (χ4v) is 3.46. The van der Waals surface area contributed by atoms with Crippen LogP contribution < -0.4 is 5.32 Å². The first kappa shape index (κ1) is 25.0. The second-order valence-corrected chi connectivity index (χ2v) is 8.24. The third-order valence-corrected chi connectivity index (χ3v) is 5.38. The number of aromatic nitrogens is 2. The van der Waals surface area contributed by atoms with Crippen molar-refractivity contribution >= 4 is 12.1 Å². The number of carbonyl (C=O) groups is 2. The van der Waals surface area contributed by atoms with Crippen molar-refractivity contribution in [3.8, 4) is 0 Å². The van der Waals surface area contributed by atoms with Gasteiger partial charge in [0.1, 0.15) is 13.2 Å². The predicted molar refractivity (Wildman–Crippen MR) is 126 cm³/mol. The minimum absolute atomic E-state index is 0.0265. The molecule has 0 fully saturated rings. The minimum atomic E-state index is -0.581. The summed E-state index contributed by atoms with van der Waals surface area (Å²) in [6.07, 6.45) is 2.41. The van der Waals surface area contributed by atoms with E-state index in [1.54, 1.807) is 0 Å². The van der Waals surface area contributed by atoms with E-state index >= 15 is 0 Å². The number of benzene rings is 2. The quantitative estimate of drug-likeness (QED) is 0.398.